The van der Waals surface area contributed by atoms with Gasteiger partial charge in [-0.25, -0.2) is 4.79 Å². The van der Waals surface area contributed by atoms with Crippen LogP contribution in [0.4, 0.5) is 4.79 Å². The number of halogens is 1. The average molecular weight is 333 g/mol. The van der Waals surface area contributed by atoms with Gasteiger partial charge in [-0.1, -0.05) is 30.7 Å². The van der Waals surface area contributed by atoms with Crippen LogP contribution in [0.25, 0.3) is 0 Å². The first-order valence-corrected chi connectivity index (χ1v) is 8.22. The number of nitrogens with zero attached hydrogens (tertiary/aromatic N) is 2. The molecular formula is C17H21ClN4O. The summed E-state index contributed by atoms with van der Waals surface area (Å²) in [5.41, 5.74) is 2.30. The minimum absolute atomic E-state index is 0.0160. The maximum Gasteiger partial charge on any atom is 0.317 e. The number of hydrogen-bond acceptors (Lipinski definition) is 2. The Morgan fingerprint density at radius 3 is 2.61 bits per heavy atom. The molecule has 6 heteroatoms. The van der Waals surface area contributed by atoms with Gasteiger partial charge in [-0.2, -0.15) is 5.10 Å². The van der Waals surface area contributed by atoms with Crippen molar-refractivity contribution in [3.05, 3.63) is 52.8 Å². The molecule has 1 aliphatic heterocycles. The van der Waals surface area contributed by atoms with Crippen molar-refractivity contribution in [2.24, 2.45) is 0 Å². The number of nitrogens with one attached hydrogen (secondary N) is 2. The molecule has 0 aliphatic carbocycles. The summed E-state index contributed by atoms with van der Waals surface area (Å²) in [5.74, 6) is 0. The fourth-order valence-electron chi connectivity index (χ4n) is 3.01. The van der Waals surface area contributed by atoms with Crippen LogP contribution in [0.5, 0.6) is 0 Å². The van der Waals surface area contributed by atoms with Crippen molar-refractivity contribution in [3.63, 3.8) is 0 Å². The Kier molecular flexibility index (Phi) is 4.57. The van der Waals surface area contributed by atoms with E-state index < -0.39 is 0 Å². The lowest BCUT2D eigenvalue weighted by molar-refractivity contribution is 0.162. The highest BCUT2D eigenvalue weighted by atomic mass is 35.5. The topological polar surface area (TPSA) is 61.0 Å². The average Bonchev–Trinajstić information content (AvgIpc) is 3.07. The predicted molar refractivity (Wildman–Crippen MR) is 90.4 cm³/mol. The number of urea groups is 1. The SMILES string of the molecule is CC1(c2ccc(Cl)cc2)CCN(C(=O)NCc2ccn[nH]2)CC1. The Morgan fingerprint density at radius 1 is 1.30 bits per heavy atom. The van der Waals surface area contributed by atoms with E-state index in [1.807, 2.05) is 23.1 Å². The van der Waals surface area contributed by atoms with E-state index in [1.165, 1.54) is 5.56 Å². The number of H-pyrrole nitrogens is 1. The molecule has 1 saturated heterocycles. The summed E-state index contributed by atoms with van der Waals surface area (Å²) in [7, 11) is 0. The Hall–Kier alpha value is -2.01. The van der Waals surface area contributed by atoms with Crippen molar-refractivity contribution >= 4 is 17.6 Å². The highest BCUT2D eigenvalue weighted by molar-refractivity contribution is 6.30. The van der Waals surface area contributed by atoms with Crippen molar-refractivity contribution in [2.75, 3.05) is 13.1 Å². The Balaban J connectivity index is 1.55. The van der Waals surface area contributed by atoms with Crippen molar-refractivity contribution in [1.82, 2.24) is 20.4 Å². The van der Waals surface area contributed by atoms with Crippen LogP contribution < -0.4 is 5.32 Å². The maximum atomic E-state index is 12.2. The molecule has 2 amide bonds. The molecule has 0 unspecified atom stereocenters. The van der Waals surface area contributed by atoms with Gasteiger partial charge >= 0.3 is 6.03 Å². The Labute approximate surface area is 141 Å². The zero-order chi connectivity index (χ0) is 16.3. The van der Waals surface area contributed by atoms with Gasteiger partial charge in [0.15, 0.2) is 0 Å². The molecule has 1 aromatic carbocycles. The normalized spacial score (nSPS) is 17.0. The molecule has 0 atom stereocenters. The van der Waals surface area contributed by atoms with Crippen LogP contribution in [0.15, 0.2) is 36.5 Å². The molecule has 23 heavy (non-hydrogen) atoms. The van der Waals surface area contributed by atoms with Crippen LogP contribution in [0.3, 0.4) is 0 Å². The summed E-state index contributed by atoms with van der Waals surface area (Å²) >= 11 is 5.97. The lowest BCUT2D eigenvalue weighted by atomic mass is 9.74. The third-order valence-electron chi connectivity index (χ3n) is 4.68. The van der Waals surface area contributed by atoms with Gasteiger partial charge in [-0.05, 0) is 42.0 Å². The molecule has 122 valence electrons. The second-order valence-electron chi connectivity index (χ2n) is 6.30. The standard InChI is InChI=1S/C17H21ClN4O/c1-17(13-2-4-14(18)5-3-13)7-10-22(11-8-17)16(23)19-12-15-6-9-20-21-15/h2-6,9H,7-8,10-12H2,1H3,(H,19,23)(H,20,21). The fraction of sp³-hybridized carbons (Fsp3) is 0.412. The number of hydrogen-bond donors (Lipinski definition) is 2. The number of piperidine rings is 1. The van der Waals surface area contributed by atoms with Gasteiger partial charge in [0.2, 0.25) is 0 Å². The van der Waals surface area contributed by atoms with Crippen LogP contribution in [-0.2, 0) is 12.0 Å². The largest absolute Gasteiger partial charge is 0.332 e. The summed E-state index contributed by atoms with van der Waals surface area (Å²) in [6, 6.07) is 9.90. The minimum atomic E-state index is -0.0160. The number of aromatic amines is 1. The first kappa shape index (κ1) is 15.9. The molecule has 1 aromatic heterocycles. The fourth-order valence-corrected chi connectivity index (χ4v) is 3.14. The number of carbonyl (C=O) groups excluding carboxylic acids is 1. The minimum Gasteiger partial charge on any atom is -0.332 e. The highest BCUT2D eigenvalue weighted by Crippen LogP contribution is 2.35. The molecule has 0 saturated carbocycles. The summed E-state index contributed by atoms with van der Waals surface area (Å²) in [5, 5.41) is 10.4. The van der Waals surface area contributed by atoms with Gasteiger partial charge in [0.25, 0.3) is 0 Å². The summed E-state index contributed by atoms with van der Waals surface area (Å²) in [6.45, 7) is 4.25. The second kappa shape index (κ2) is 6.62. The molecule has 1 fully saturated rings. The quantitative estimate of drug-likeness (QED) is 0.905. The lowest BCUT2D eigenvalue weighted by Gasteiger charge is -2.39. The van der Waals surface area contributed by atoms with Crippen LogP contribution in [-0.4, -0.2) is 34.2 Å². The molecule has 1 aliphatic rings. The van der Waals surface area contributed by atoms with Gasteiger partial charge in [0.05, 0.1) is 12.2 Å². The van der Waals surface area contributed by atoms with E-state index in [4.69, 9.17) is 11.6 Å². The van der Waals surface area contributed by atoms with E-state index >= 15 is 0 Å². The number of rotatable bonds is 3. The van der Waals surface area contributed by atoms with Crippen LogP contribution in [0.2, 0.25) is 5.02 Å². The molecule has 0 bridgehead atoms. The summed E-state index contributed by atoms with van der Waals surface area (Å²) in [4.78, 5) is 14.1. The molecule has 5 nitrogen and oxygen atoms in total. The molecule has 3 rings (SSSR count). The third kappa shape index (κ3) is 3.67. The molecule has 2 heterocycles. The van der Waals surface area contributed by atoms with E-state index in [-0.39, 0.29) is 11.4 Å². The monoisotopic (exact) mass is 332 g/mol. The summed E-state index contributed by atoms with van der Waals surface area (Å²) in [6.07, 6.45) is 3.58. The van der Waals surface area contributed by atoms with E-state index in [0.29, 0.717) is 6.54 Å². The smallest absolute Gasteiger partial charge is 0.317 e. The van der Waals surface area contributed by atoms with E-state index in [9.17, 15) is 4.79 Å². The van der Waals surface area contributed by atoms with Crippen molar-refractivity contribution in [1.29, 1.82) is 0 Å². The predicted octanol–water partition coefficient (Wildman–Crippen LogP) is 3.33. The first-order valence-electron chi connectivity index (χ1n) is 7.84. The van der Waals surface area contributed by atoms with E-state index in [1.54, 1.807) is 6.20 Å². The Bertz CT molecular complexity index is 646. The second-order valence-corrected chi connectivity index (χ2v) is 6.73. The molecule has 2 aromatic rings. The molecule has 2 N–H and O–H groups in total. The van der Waals surface area contributed by atoms with Crippen LogP contribution >= 0.6 is 11.6 Å². The third-order valence-corrected chi connectivity index (χ3v) is 4.94. The number of benzene rings is 1. The lowest BCUT2D eigenvalue weighted by Crippen LogP contribution is -2.47. The molecular weight excluding hydrogens is 312 g/mol. The van der Waals surface area contributed by atoms with E-state index in [0.717, 1.165) is 36.6 Å². The van der Waals surface area contributed by atoms with Gasteiger partial charge in [0, 0.05) is 24.3 Å². The molecule has 0 radical (unpaired) electrons. The number of amides is 2. The van der Waals surface area contributed by atoms with Crippen LogP contribution in [0, 0.1) is 0 Å². The van der Waals surface area contributed by atoms with E-state index in [2.05, 4.69) is 34.6 Å². The molecule has 0 spiro atoms. The first-order chi connectivity index (χ1) is 11.1. The van der Waals surface area contributed by atoms with Gasteiger partial charge < -0.3 is 10.2 Å². The zero-order valence-corrected chi connectivity index (χ0v) is 13.9. The van der Waals surface area contributed by atoms with Gasteiger partial charge in [-0.15, -0.1) is 0 Å². The van der Waals surface area contributed by atoms with Crippen LogP contribution in [0.1, 0.15) is 31.0 Å². The van der Waals surface area contributed by atoms with Gasteiger partial charge in [-0.3, -0.25) is 5.10 Å². The summed E-state index contributed by atoms with van der Waals surface area (Å²) < 4.78 is 0. The maximum absolute atomic E-state index is 12.2. The van der Waals surface area contributed by atoms with Crippen molar-refractivity contribution in [2.45, 2.75) is 31.7 Å². The van der Waals surface area contributed by atoms with Gasteiger partial charge in [0.1, 0.15) is 0 Å². The highest BCUT2D eigenvalue weighted by Gasteiger charge is 2.33. The number of carbonyl (C=O) groups is 1. The van der Waals surface area contributed by atoms with Crippen molar-refractivity contribution in [3.8, 4) is 0 Å². The van der Waals surface area contributed by atoms with Crippen molar-refractivity contribution < 1.29 is 4.79 Å². The Morgan fingerprint density at radius 2 is 2.00 bits per heavy atom. The zero-order valence-electron chi connectivity index (χ0n) is 13.2. The number of likely N-dealkylation sites (tertiary alicyclic amines) is 1. The number of aromatic nitrogens is 2.